The summed E-state index contributed by atoms with van der Waals surface area (Å²) in [7, 11) is 0. The van der Waals surface area contributed by atoms with E-state index in [-0.39, 0.29) is 5.91 Å². The van der Waals surface area contributed by atoms with Crippen molar-refractivity contribution in [3.8, 4) is 11.3 Å². The van der Waals surface area contributed by atoms with E-state index < -0.39 is 0 Å². The highest BCUT2D eigenvalue weighted by molar-refractivity contribution is 5.93. The lowest BCUT2D eigenvalue weighted by Crippen LogP contribution is -2.24. The fourth-order valence-electron chi connectivity index (χ4n) is 1.79. The minimum atomic E-state index is -0.184. The quantitative estimate of drug-likeness (QED) is 0.838. The van der Waals surface area contributed by atoms with Crippen LogP contribution < -0.4 is 5.32 Å². The van der Waals surface area contributed by atoms with E-state index in [2.05, 4.69) is 17.4 Å². The van der Waals surface area contributed by atoms with Crippen LogP contribution in [0.3, 0.4) is 0 Å². The molecule has 1 N–H and O–H groups in total. The molecular formula is C15H18N2O2. The van der Waals surface area contributed by atoms with Gasteiger partial charge in [-0.25, -0.2) is 0 Å². The Labute approximate surface area is 112 Å². The standard InChI is InChI=1S/C15H18N2O2/c1-3-4-8-16-15(18)13-10-14(19-17-13)12-7-5-6-11(2)9-12/h5-7,9-10H,3-4,8H2,1-2H3,(H,16,18). The predicted molar refractivity (Wildman–Crippen MR) is 73.9 cm³/mol. The topological polar surface area (TPSA) is 55.1 Å². The first-order valence-electron chi connectivity index (χ1n) is 6.52. The lowest BCUT2D eigenvalue weighted by molar-refractivity contribution is 0.0944. The van der Waals surface area contributed by atoms with E-state index in [1.165, 1.54) is 0 Å². The number of amides is 1. The maximum Gasteiger partial charge on any atom is 0.273 e. The molecule has 0 saturated carbocycles. The minimum absolute atomic E-state index is 0.184. The zero-order valence-electron chi connectivity index (χ0n) is 11.3. The highest BCUT2D eigenvalue weighted by Gasteiger charge is 2.13. The lowest BCUT2D eigenvalue weighted by Gasteiger charge is -1.99. The highest BCUT2D eigenvalue weighted by Crippen LogP contribution is 2.21. The van der Waals surface area contributed by atoms with Crippen LogP contribution in [-0.2, 0) is 0 Å². The van der Waals surface area contributed by atoms with Crippen LogP contribution in [0.1, 0.15) is 35.8 Å². The van der Waals surface area contributed by atoms with E-state index in [0.717, 1.165) is 24.0 Å². The van der Waals surface area contributed by atoms with Crippen molar-refractivity contribution in [2.75, 3.05) is 6.54 Å². The third kappa shape index (κ3) is 3.44. The Morgan fingerprint density at radius 3 is 2.95 bits per heavy atom. The maximum absolute atomic E-state index is 11.8. The Morgan fingerprint density at radius 1 is 1.37 bits per heavy atom. The molecule has 0 saturated heterocycles. The first-order valence-corrected chi connectivity index (χ1v) is 6.52. The average molecular weight is 258 g/mol. The molecule has 0 unspecified atom stereocenters. The van der Waals surface area contributed by atoms with Gasteiger partial charge in [0.1, 0.15) is 0 Å². The van der Waals surface area contributed by atoms with E-state index in [1.54, 1.807) is 6.07 Å². The summed E-state index contributed by atoms with van der Waals surface area (Å²) in [6, 6.07) is 9.58. The normalized spacial score (nSPS) is 10.4. The van der Waals surface area contributed by atoms with Gasteiger partial charge in [0.05, 0.1) is 0 Å². The Bertz CT molecular complexity index is 561. The first-order chi connectivity index (χ1) is 9.20. The summed E-state index contributed by atoms with van der Waals surface area (Å²) in [6.07, 6.45) is 2.02. The number of rotatable bonds is 5. The lowest BCUT2D eigenvalue weighted by atomic mass is 10.1. The van der Waals surface area contributed by atoms with Crippen LogP contribution in [0.2, 0.25) is 0 Å². The molecule has 1 amide bonds. The second kappa shape index (κ2) is 6.18. The fourth-order valence-corrected chi connectivity index (χ4v) is 1.79. The molecule has 0 bridgehead atoms. The van der Waals surface area contributed by atoms with Gasteiger partial charge in [-0.05, 0) is 19.4 Å². The van der Waals surface area contributed by atoms with Gasteiger partial charge in [0.25, 0.3) is 5.91 Å². The molecule has 0 spiro atoms. The van der Waals surface area contributed by atoms with E-state index in [9.17, 15) is 4.79 Å². The number of aromatic nitrogens is 1. The summed E-state index contributed by atoms with van der Waals surface area (Å²) in [5.41, 5.74) is 2.40. The number of hydrogen-bond acceptors (Lipinski definition) is 3. The molecule has 2 aromatic rings. The maximum atomic E-state index is 11.8. The van der Waals surface area contributed by atoms with Gasteiger partial charge in [-0.2, -0.15) is 0 Å². The van der Waals surface area contributed by atoms with Gasteiger partial charge in [0.15, 0.2) is 11.5 Å². The Balaban J connectivity index is 2.08. The molecule has 1 aromatic heterocycles. The zero-order chi connectivity index (χ0) is 13.7. The van der Waals surface area contributed by atoms with Gasteiger partial charge in [-0.15, -0.1) is 0 Å². The van der Waals surface area contributed by atoms with Gasteiger partial charge in [-0.3, -0.25) is 4.79 Å². The molecule has 0 aliphatic rings. The molecule has 19 heavy (non-hydrogen) atoms. The number of hydrogen-bond donors (Lipinski definition) is 1. The van der Waals surface area contributed by atoms with Gasteiger partial charge in [0, 0.05) is 18.2 Å². The molecule has 0 fully saturated rings. The highest BCUT2D eigenvalue weighted by atomic mass is 16.5. The zero-order valence-corrected chi connectivity index (χ0v) is 11.3. The van der Waals surface area contributed by atoms with Gasteiger partial charge < -0.3 is 9.84 Å². The smallest absolute Gasteiger partial charge is 0.273 e. The molecule has 4 heteroatoms. The Kier molecular flexibility index (Phi) is 4.34. The van der Waals surface area contributed by atoms with Crippen molar-refractivity contribution >= 4 is 5.91 Å². The van der Waals surface area contributed by atoms with Crippen LogP contribution in [0.15, 0.2) is 34.9 Å². The van der Waals surface area contributed by atoms with Crippen molar-refractivity contribution in [2.45, 2.75) is 26.7 Å². The van der Waals surface area contributed by atoms with E-state index >= 15 is 0 Å². The largest absolute Gasteiger partial charge is 0.355 e. The van der Waals surface area contributed by atoms with Crippen LogP contribution >= 0.6 is 0 Å². The van der Waals surface area contributed by atoms with E-state index in [1.807, 2.05) is 31.2 Å². The van der Waals surface area contributed by atoms with Crippen LogP contribution in [0.4, 0.5) is 0 Å². The number of nitrogens with zero attached hydrogens (tertiary/aromatic N) is 1. The summed E-state index contributed by atoms with van der Waals surface area (Å²) in [6.45, 7) is 4.76. The van der Waals surface area contributed by atoms with E-state index in [0.29, 0.717) is 18.0 Å². The number of carbonyl (C=O) groups is 1. The molecule has 0 aliphatic carbocycles. The predicted octanol–water partition coefficient (Wildman–Crippen LogP) is 3.18. The Morgan fingerprint density at radius 2 is 2.21 bits per heavy atom. The van der Waals surface area contributed by atoms with Gasteiger partial charge >= 0.3 is 0 Å². The number of unbranched alkanes of at least 4 members (excludes halogenated alkanes) is 1. The third-order valence-electron chi connectivity index (χ3n) is 2.86. The van der Waals surface area contributed by atoms with Crippen molar-refractivity contribution < 1.29 is 9.32 Å². The molecule has 1 aromatic carbocycles. The van der Waals surface area contributed by atoms with Crippen LogP contribution in [0.5, 0.6) is 0 Å². The number of benzene rings is 1. The molecule has 4 nitrogen and oxygen atoms in total. The summed E-state index contributed by atoms with van der Waals surface area (Å²) in [5.74, 6) is 0.431. The second-order valence-corrected chi connectivity index (χ2v) is 4.56. The van der Waals surface area contributed by atoms with Crippen LogP contribution in [0.25, 0.3) is 11.3 Å². The summed E-state index contributed by atoms with van der Waals surface area (Å²) in [5, 5.41) is 6.63. The van der Waals surface area contributed by atoms with Crippen molar-refractivity contribution in [3.05, 3.63) is 41.6 Å². The molecule has 1 heterocycles. The van der Waals surface area contributed by atoms with Crippen LogP contribution in [0, 0.1) is 6.92 Å². The van der Waals surface area contributed by atoms with Crippen LogP contribution in [-0.4, -0.2) is 17.6 Å². The molecular weight excluding hydrogens is 240 g/mol. The third-order valence-corrected chi connectivity index (χ3v) is 2.86. The Hall–Kier alpha value is -2.10. The summed E-state index contributed by atoms with van der Waals surface area (Å²) in [4.78, 5) is 11.8. The summed E-state index contributed by atoms with van der Waals surface area (Å²) < 4.78 is 5.22. The average Bonchev–Trinajstić information content (AvgIpc) is 2.88. The number of carbonyl (C=O) groups excluding carboxylic acids is 1. The monoisotopic (exact) mass is 258 g/mol. The molecule has 0 radical (unpaired) electrons. The number of nitrogens with one attached hydrogen (secondary N) is 1. The van der Waals surface area contributed by atoms with Crippen molar-refractivity contribution in [3.63, 3.8) is 0 Å². The molecule has 0 atom stereocenters. The number of aryl methyl sites for hydroxylation is 1. The molecule has 2 rings (SSSR count). The van der Waals surface area contributed by atoms with E-state index in [4.69, 9.17) is 4.52 Å². The molecule has 100 valence electrons. The van der Waals surface area contributed by atoms with Gasteiger partial charge in [-0.1, -0.05) is 42.3 Å². The van der Waals surface area contributed by atoms with Crippen molar-refractivity contribution in [1.82, 2.24) is 10.5 Å². The minimum Gasteiger partial charge on any atom is -0.355 e. The van der Waals surface area contributed by atoms with Gasteiger partial charge in [0.2, 0.25) is 0 Å². The first kappa shape index (κ1) is 13.3. The second-order valence-electron chi connectivity index (χ2n) is 4.56. The van der Waals surface area contributed by atoms with Crippen molar-refractivity contribution in [2.24, 2.45) is 0 Å². The SMILES string of the molecule is CCCCNC(=O)c1cc(-c2cccc(C)c2)on1. The summed E-state index contributed by atoms with van der Waals surface area (Å²) >= 11 is 0. The molecule has 0 aliphatic heterocycles. The van der Waals surface area contributed by atoms with Crippen molar-refractivity contribution in [1.29, 1.82) is 0 Å². The fraction of sp³-hybridized carbons (Fsp3) is 0.333.